The molecular formula is C20H19N3O2S. The van der Waals surface area contributed by atoms with E-state index < -0.39 is 0 Å². The third-order valence-corrected chi connectivity index (χ3v) is 4.89. The van der Waals surface area contributed by atoms with Crippen LogP contribution in [-0.4, -0.2) is 18.9 Å². The highest BCUT2D eigenvalue weighted by atomic mass is 32.1. The summed E-state index contributed by atoms with van der Waals surface area (Å²) in [5.41, 5.74) is 9.45. The maximum absolute atomic E-state index is 12.5. The van der Waals surface area contributed by atoms with Crippen LogP contribution in [0.4, 0.5) is 11.4 Å². The van der Waals surface area contributed by atoms with Crippen molar-refractivity contribution in [1.82, 2.24) is 5.32 Å². The molecule has 0 bridgehead atoms. The molecule has 0 aliphatic carbocycles. The Bertz CT molecular complexity index is 919. The van der Waals surface area contributed by atoms with Gasteiger partial charge in [-0.2, -0.15) is 0 Å². The standard InChI is InChI=1S/C20H19N3O2S/c1-22-19(24)11-13-4-6-14(7-5-13)20(25)23-17-12-15(8-9-16(17)21)18-3-2-10-26-18/h2-10,12H,11,21H2,1H3,(H,22,24)(H,23,25). The second-order valence-electron chi connectivity index (χ2n) is 5.78. The van der Waals surface area contributed by atoms with Crippen molar-refractivity contribution >= 4 is 34.5 Å². The van der Waals surface area contributed by atoms with Gasteiger partial charge in [0.05, 0.1) is 17.8 Å². The number of rotatable bonds is 5. The summed E-state index contributed by atoms with van der Waals surface area (Å²) in [5.74, 6) is -0.313. The summed E-state index contributed by atoms with van der Waals surface area (Å²) >= 11 is 1.63. The zero-order valence-corrected chi connectivity index (χ0v) is 15.1. The first kappa shape index (κ1) is 17.7. The molecule has 6 heteroatoms. The molecule has 2 aromatic carbocycles. The minimum atomic E-state index is -0.244. The number of hydrogen-bond acceptors (Lipinski definition) is 4. The number of anilines is 2. The number of nitrogen functional groups attached to an aromatic ring is 1. The fourth-order valence-electron chi connectivity index (χ4n) is 2.50. The molecule has 0 unspecified atom stereocenters. The van der Waals surface area contributed by atoms with E-state index in [1.807, 2.05) is 29.6 Å². The molecule has 3 rings (SSSR count). The van der Waals surface area contributed by atoms with E-state index in [9.17, 15) is 9.59 Å². The van der Waals surface area contributed by atoms with Gasteiger partial charge in [0.2, 0.25) is 5.91 Å². The van der Waals surface area contributed by atoms with Crippen molar-refractivity contribution in [2.24, 2.45) is 0 Å². The minimum Gasteiger partial charge on any atom is -0.397 e. The number of thiophene rings is 1. The highest BCUT2D eigenvalue weighted by Gasteiger charge is 2.10. The van der Waals surface area contributed by atoms with Crippen LogP contribution in [-0.2, 0) is 11.2 Å². The fraction of sp³-hybridized carbons (Fsp3) is 0.100. The molecule has 0 saturated carbocycles. The third-order valence-electron chi connectivity index (χ3n) is 3.97. The molecule has 0 aliphatic rings. The van der Waals surface area contributed by atoms with Gasteiger partial charge in [-0.3, -0.25) is 9.59 Å². The van der Waals surface area contributed by atoms with Crippen LogP contribution in [0.2, 0.25) is 0 Å². The van der Waals surface area contributed by atoms with E-state index in [1.54, 1.807) is 48.7 Å². The van der Waals surface area contributed by atoms with Crippen molar-refractivity contribution in [3.63, 3.8) is 0 Å². The molecule has 5 nitrogen and oxygen atoms in total. The first-order valence-corrected chi connectivity index (χ1v) is 8.99. The van der Waals surface area contributed by atoms with Crippen molar-refractivity contribution < 1.29 is 9.59 Å². The predicted molar refractivity (Wildman–Crippen MR) is 106 cm³/mol. The van der Waals surface area contributed by atoms with Gasteiger partial charge in [0.1, 0.15) is 0 Å². The SMILES string of the molecule is CNC(=O)Cc1ccc(C(=O)Nc2cc(-c3cccs3)ccc2N)cc1. The Hall–Kier alpha value is -3.12. The fourth-order valence-corrected chi connectivity index (χ4v) is 3.23. The maximum Gasteiger partial charge on any atom is 0.255 e. The van der Waals surface area contributed by atoms with Crippen molar-refractivity contribution in [2.45, 2.75) is 6.42 Å². The average molecular weight is 365 g/mol. The zero-order chi connectivity index (χ0) is 18.5. The number of benzene rings is 2. The van der Waals surface area contributed by atoms with Crippen molar-refractivity contribution in [3.8, 4) is 10.4 Å². The van der Waals surface area contributed by atoms with Gasteiger partial charge in [0, 0.05) is 17.5 Å². The Labute approximate surface area is 155 Å². The van der Waals surface area contributed by atoms with Crippen molar-refractivity contribution in [3.05, 3.63) is 71.1 Å². The summed E-state index contributed by atoms with van der Waals surface area (Å²) in [4.78, 5) is 25.0. The monoisotopic (exact) mass is 365 g/mol. The van der Waals surface area contributed by atoms with Crippen LogP contribution in [0.5, 0.6) is 0 Å². The van der Waals surface area contributed by atoms with Crippen LogP contribution in [0, 0.1) is 0 Å². The van der Waals surface area contributed by atoms with Gasteiger partial charge in [0.15, 0.2) is 0 Å². The predicted octanol–water partition coefficient (Wildman–Crippen LogP) is 3.54. The van der Waals surface area contributed by atoms with Gasteiger partial charge in [-0.25, -0.2) is 0 Å². The molecule has 2 amide bonds. The van der Waals surface area contributed by atoms with Crippen molar-refractivity contribution in [2.75, 3.05) is 18.1 Å². The summed E-state index contributed by atoms with van der Waals surface area (Å²) in [5, 5.41) is 7.44. The Balaban J connectivity index is 1.75. The lowest BCUT2D eigenvalue weighted by Crippen LogP contribution is -2.20. The summed E-state index contributed by atoms with van der Waals surface area (Å²) in [7, 11) is 1.60. The summed E-state index contributed by atoms with van der Waals surface area (Å²) in [6.45, 7) is 0. The molecule has 4 N–H and O–H groups in total. The van der Waals surface area contributed by atoms with Crippen LogP contribution in [0.15, 0.2) is 60.0 Å². The van der Waals surface area contributed by atoms with Gasteiger partial charge in [-0.15, -0.1) is 11.3 Å². The number of nitrogens with two attached hydrogens (primary N) is 1. The smallest absolute Gasteiger partial charge is 0.255 e. The highest BCUT2D eigenvalue weighted by molar-refractivity contribution is 7.13. The summed E-state index contributed by atoms with van der Waals surface area (Å²) in [6, 6.07) is 16.5. The Morgan fingerprint density at radius 2 is 1.85 bits per heavy atom. The van der Waals surface area contributed by atoms with Gasteiger partial charge in [0.25, 0.3) is 5.91 Å². The Morgan fingerprint density at radius 1 is 1.08 bits per heavy atom. The zero-order valence-electron chi connectivity index (χ0n) is 14.3. The molecule has 0 radical (unpaired) electrons. The number of likely N-dealkylation sites (N-methyl/N-ethyl adjacent to an activating group) is 1. The largest absolute Gasteiger partial charge is 0.397 e. The molecule has 132 valence electrons. The van der Waals surface area contributed by atoms with E-state index in [0.717, 1.165) is 16.0 Å². The first-order valence-electron chi connectivity index (χ1n) is 8.11. The molecule has 1 aromatic heterocycles. The Kier molecular flexibility index (Phi) is 5.34. The topological polar surface area (TPSA) is 84.2 Å². The van der Waals surface area contributed by atoms with E-state index in [2.05, 4.69) is 10.6 Å². The Morgan fingerprint density at radius 3 is 2.50 bits per heavy atom. The number of nitrogens with one attached hydrogen (secondary N) is 2. The molecule has 0 spiro atoms. The van der Waals surface area contributed by atoms with Gasteiger partial charge < -0.3 is 16.4 Å². The number of amides is 2. The molecule has 0 saturated heterocycles. The van der Waals surface area contributed by atoms with Crippen LogP contribution in [0.1, 0.15) is 15.9 Å². The summed E-state index contributed by atoms with van der Waals surface area (Å²) < 4.78 is 0. The number of hydrogen-bond donors (Lipinski definition) is 3. The molecule has 0 aliphatic heterocycles. The molecule has 0 fully saturated rings. The lowest BCUT2D eigenvalue weighted by Gasteiger charge is -2.10. The second-order valence-corrected chi connectivity index (χ2v) is 6.73. The third kappa shape index (κ3) is 4.10. The van der Waals surface area contributed by atoms with Crippen LogP contribution in [0.25, 0.3) is 10.4 Å². The van der Waals surface area contributed by atoms with Crippen molar-refractivity contribution in [1.29, 1.82) is 0 Å². The first-order chi connectivity index (χ1) is 12.6. The lowest BCUT2D eigenvalue weighted by molar-refractivity contribution is -0.119. The molecular weight excluding hydrogens is 346 g/mol. The van der Waals surface area contributed by atoms with Crippen LogP contribution >= 0.6 is 11.3 Å². The second kappa shape index (κ2) is 7.84. The number of carbonyl (C=O) groups is 2. The van der Waals surface area contributed by atoms with E-state index in [4.69, 9.17) is 5.73 Å². The molecule has 0 atom stereocenters. The lowest BCUT2D eigenvalue weighted by atomic mass is 10.1. The van der Waals surface area contributed by atoms with Gasteiger partial charge in [-0.05, 0) is 46.8 Å². The molecule has 26 heavy (non-hydrogen) atoms. The van der Waals surface area contributed by atoms with Gasteiger partial charge >= 0.3 is 0 Å². The van der Waals surface area contributed by atoms with E-state index in [1.165, 1.54) is 0 Å². The maximum atomic E-state index is 12.5. The van der Waals surface area contributed by atoms with Crippen LogP contribution < -0.4 is 16.4 Å². The van der Waals surface area contributed by atoms with Crippen LogP contribution in [0.3, 0.4) is 0 Å². The van der Waals surface area contributed by atoms with E-state index in [-0.39, 0.29) is 18.2 Å². The highest BCUT2D eigenvalue weighted by Crippen LogP contribution is 2.30. The van der Waals surface area contributed by atoms with Gasteiger partial charge in [-0.1, -0.05) is 24.3 Å². The summed E-state index contributed by atoms with van der Waals surface area (Å²) in [6.07, 6.45) is 0.286. The quantitative estimate of drug-likeness (QED) is 0.605. The average Bonchev–Trinajstić information content (AvgIpc) is 3.18. The van der Waals surface area contributed by atoms with E-state index in [0.29, 0.717) is 16.9 Å². The number of carbonyl (C=O) groups excluding carboxylic acids is 2. The molecule has 1 heterocycles. The molecule has 3 aromatic rings. The minimum absolute atomic E-state index is 0.0691. The van der Waals surface area contributed by atoms with E-state index >= 15 is 0 Å². The normalized spacial score (nSPS) is 10.3.